The molecule has 2 aliphatic carbocycles. The molecular formula is C59H36N2O. The number of anilines is 3. The summed E-state index contributed by atoms with van der Waals surface area (Å²) in [6.07, 6.45) is 0. The Labute approximate surface area is 365 Å². The molecule has 0 unspecified atom stereocenters. The molecule has 0 saturated carbocycles. The number of aromatic nitrogens is 1. The molecule has 0 aliphatic heterocycles. The summed E-state index contributed by atoms with van der Waals surface area (Å²) in [5.74, 6) is 0. The summed E-state index contributed by atoms with van der Waals surface area (Å²) < 4.78 is 52.1. The number of hydrogen-bond donors (Lipinski definition) is 0. The maximum atomic E-state index is 8.93. The van der Waals surface area contributed by atoms with Gasteiger partial charge >= 0.3 is 0 Å². The van der Waals surface area contributed by atoms with E-state index < -0.39 is 11.5 Å². The van der Waals surface area contributed by atoms with Crippen LogP contribution in [0.25, 0.3) is 82.5 Å². The van der Waals surface area contributed by atoms with Crippen LogP contribution in [0.1, 0.15) is 29.1 Å². The van der Waals surface area contributed by atoms with Crippen molar-refractivity contribution in [3.8, 4) is 27.9 Å². The van der Waals surface area contributed by atoms with Crippen LogP contribution in [-0.4, -0.2) is 4.57 Å². The first-order valence-electron chi connectivity index (χ1n) is 23.5. The van der Waals surface area contributed by atoms with Crippen molar-refractivity contribution in [1.82, 2.24) is 4.57 Å². The van der Waals surface area contributed by atoms with Crippen LogP contribution in [0.15, 0.2) is 223 Å². The highest BCUT2D eigenvalue weighted by molar-refractivity contribution is 6.28. The zero-order valence-electron chi connectivity index (χ0n) is 38.2. The van der Waals surface area contributed by atoms with Crippen LogP contribution in [0, 0.1) is 0 Å². The molecule has 0 amide bonds. The Morgan fingerprint density at radius 2 is 1.06 bits per heavy atom. The summed E-state index contributed by atoms with van der Waals surface area (Å²) in [6.45, 7) is 0. The van der Waals surface area contributed by atoms with Crippen molar-refractivity contribution in [2.24, 2.45) is 0 Å². The van der Waals surface area contributed by atoms with E-state index in [1.165, 1.54) is 49.5 Å². The SMILES string of the molecule is [2H]c1c([2H])c([2H])c(N(c2ccccc2)c2ccc(-c3ccc4c5c3ccc3c5c5c(cccc5n3-c3ccc5c(c3)oc3ccccc35)C43c4ccccc4-c4ccccc43)cc2)c([2H])c1[2H]. The number of para-hydroxylation sites is 3. The monoisotopic (exact) mass is 793 g/mol. The Balaban J connectivity index is 1.04. The second-order valence-electron chi connectivity index (χ2n) is 16.4. The molecule has 0 fully saturated rings. The van der Waals surface area contributed by atoms with E-state index in [9.17, 15) is 0 Å². The van der Waals surface area contributed by atoms with Gasteiger partial charge in [0.05, 0.1) is 23.3 Å². The molecule has 0 radical (unpaired) electrons. The number of furan rings is 1. The molecule has 1 spiro atoms. The average Bonchev–Trinajstić information content (AvgIpc) is 4.02. The van der Waals surface area contributed by atoms with Gasteiger partial charge in [-0.05, 0) is 122 Å². The number of fused-ring (bicyclic) bond motifs is 10. The standard InChI is InChI=1S/C59H36N2O/c1-3-14-38(15-4-1)60(39-16-5-2-6-17-39)40-28-26-37(27-29-40)42-32-34-51-56-47(42)33-35-53-58(56)57-50(59(51)48-21-10-7-18-43(48)44-19-8-11-22-49(44)59)23-13-24-52(57)61(53)41-30-31-46-45-20-9-12-25-54(45)62-55(46)36-41/h1-36H/i1D,3D,4D,14D,15D. The van der Waals surface area contributed by atoms with Gasteiger partial charge in [0.1, 0.15) is 11.2 Å². The van der Waals surface area contributed by atoms with Crippen LogP contribution in [0.5, 0.6) is 0 Å². The summed E-state index contributed by atoms with van der Waals surface area (Å²) >= 11 is 0. The predicted octanol–water partition coefficient (Wildman–Crippen LogP) is 15.6. The van der Waals surface area contributed by atoms with E-state index >= 15 is 0 Å². The fraction of sp³-hybridized carbons (Fsp3) is 0.0169. The van der Waals surface area contributed by atoms with Gasteiger partial charge in [-0.2, -0.15) is 0 Å². The van der Waals surface area contributed by atoms with Gasteiger partial charge in [0.2, 0.25) is 0 Å². The molecule has 62 heavy (non-hydrogen) atoms. The topological polar surface area (TPSA) is 21.3 Å². The molecular weight excluding hydrogens is 753 g/mol. The van der Waals surface area contributed by atoms with Crippen molar-refractivity contribution in [2.45, 2.75) is 5.41 Å². The second-order valence-corrected chi connectivity index (χ2v) is 16.4. The van der Waals surface area contributed by atoms with E-state index in [0.29, 0.717) is 11.4 Å². The van der Waals surface area contributed by atoms with Crippen molar-refractivity contribution >= 4 is 71.6 Å². The van der Waals surface area contributed by atoms with Gasteiger partial charge in [-0.1, -0.05) is 146 Å². The largest absolute Gasteiger partial charge is 0.456 e. The van der Waals surface area contributed by atoms with Gasteiger partial charge in [0.25, 0.3) is 0 Å². The minimum atomic E-state index is -0.594. The van der Waals surface area contributed by atoms with E-state index in [1.807, 2.05) is 54.6 Å². The van der Waals surface area contributed by atoms with Crippen molar-refractivity contribution in [2.75, 3.05) is 4.90 Å². The lowest BCUT2D eigenvalue weighted by atomic mass is 9.63. The predicted molar refractivity (Wildman–Crippen MR) is 257 cm³/mol. The van der Waals surface area contributed by atoms with Gasteiger partial charge in [-0.3, -0.25) is 0 Å². The zero-order valence-corrected chi connectivity index (χ0v) is 33.2. The van der Waals surface area contributed by atoms with E-state index in [2.05, 4.69) is 138 Å². The lowest BCUT2D eigenvalue weighted by Gasteiger charge is -2.38. The minimum Gasteiger partial charge on any atom is -0.456 e. The Bertz CT molecular complexity index is 4040. The molecule has 288 valence electrons. The molecule has 3 nitrogen and oxygen atoms in total. The lowest BCUT2D eigenvalue weighted by molar-refractivity contribution is 0.668. The van der Waals surface area contributed by atoms with Gasteiger partial charge in [0, 0.05) is 50.4 Å². The molecule has 12 aromatic rings. The van der Waals surface area contributed by atoms with Crippen LogP contribution in [-0.2, 0) is 5.41 Å². The quantitative estimate of drug-likeness (QED) is 0.173. The highest BCUT2D eigenvalue weighted by Crippen LogP contribution is 2.62. The molecule has 14 rings (SSSR count). The van der Waals surface area contributed by atoms with Gasteiger partial charge in [0.15, 0.2) is 0 Å². The van der Waals surface area contributed by atoms with Crippen LogP contribution in [0.3, 0.4) is 0 Å². The molecule has 10 aromatic carbocycles. The summed E-state index contributed by atoms with van der Waals surface area (Å²) in [4.78, 5) is 1.75. The fourth-order valence-corrected chi connectivity index (χ4v) is 11.1. The molecule has 2 aliphatic rings. The maximum Gasteiger partial charge on any atom is 0.137 e. The number of rotatable bonds is 5. The van der Waals surface area contributed by atoms with Crippen molar-refractivity contribution in [1.29, 1.82) is 0 Å². The molecule has 3 heteroatoms. The van der Waals surface area contributed by atoms with E-state index in [-0.39, 0.29) is 29.9 Å². The second kappa shape index (κ2) is 12.4. The van der Waals surface area contributed by atoms with Crippen LogP contribution < -0.4 is 4.90 Å². The van der Waals surface area contributed by atoms with Gasteiger partial charge in [-0.15, -0.1) is 0 Å². The maximum absolute atomic E-state index is 8.93. The summed E-state index contributed by atoms with van der Waals surface area (Å²) in [5.41, 5.74) is 15.5. The van der Waals surface area contributed by atoms with E-state index in [4.69, 9.17) is 11.3 Å². The summed E-state index contributed by atoms with van der Waals surface area (Å²) in [5, 5.41) is 6.98. The van der Waals surface area contributed by atoms with E-state index in [0.717, 1.165) is 55.2 Å². The van der Waals surface area contributed by atoms with Crippen molar-refractivity contribution < 1.29 is 11.3 Å². The van der Waals surface area contributed by atoms with Crippen LogP contribution in [0.2, 0.25) is 0 Å². The Hall–Kier alpha value is -8.14. The number of hydrogen-bond acceptors (Lipinski definition) is 2. The Morgan fingerprint density at radius 1 is 0.419 bits per heavy atom. The number of nitrogens with zero attached hydrogens (tertiary/aromatic N) is 2. The molecule has 2 heterocycles. The Kier molecular flexibility index (Phi) is 5.85. The summed E-state index contributed by atoms with van der Waals surface area (Å²) in [7, 11) is 0. The number of benzene rings is 10. The first-order valence-corrected chi connectivity index (χ1v) is 21.0. The lowest BCUT2D eigenvalue weighted by Crippen LogP contribution is -2.30. The van der Waals surface area contributed by atoms with Gasteiger partial charge < -0.3 is 13.9 Å². The van der Waals surface area contributed by atoms with Crippen molar-refractivity contribution in [3.63, 3.8) is 0 Å². The fourth-order valence-electron chi connectivity index (χ4n) is 11.1. The van der Waals surface area contributed by atoms with Crippen LogP contribution in [0.4, 0.5) is 17.1 Å². The van der Waals surface area contributed by atoms with Crippen molar-refractivity contribution in [3.05, 3.63) is 241 Å². The molecule has 2 aromatic heterocycles. The third-order valence-corrected chi connectivity index (χ3v) is 13.5. The third kappa shape index (κ3) is 4.34. The first kappa shape index (κ1) is 29.1. The third-order valence-electron chi connectivity index (χ3n) is 13.5. The molecule has 0 saturated heterocycles. The highest BCUT2D eigenvalue weighted by atomic mass is 16.3. The summed E-state index contributed by atoms with van der Waals surface area (Å²) in [6, 6.07) is 64.5. The van der Waals surface area contributed by atoms with Crippen LogP contribution >= 0.6 is 0 Å². The minimum absolute atomic E-state index is 0.0957. The zero-order chi connectivity index (χ0) is 44.9. The van der Waals surface area contributed by atoms with Gasteiger partial charge in [-0.25, -0.2) is 0 Å². The van der Waals surface area contributed by atoms with E-state index in [1.54, 1.807) is 4.90 Å². The average molecular weight is 794 g/mol. The normalized spacial score (nSPS) is 14.4. The first-order chi connectivity index (χ1) is 32.8. The highest BCUT2D eigenvalue weighted by Gasteiger charge is 2.50. The smallest absolute Gasteiger partial charge is 0.137 e. The molecule has 0 N–H and O–H groups in total. The molecule has 0 atom stereocenters. The molecule has 0 bridgehead atoms. The Morgan fingerprint density at radius 3 is 1.87 bits per heavy atom.